The summed E-state index contributed by atoms with van der Waals surface area (Å²) in [7, 11) is 0. The number of para-hydroxylation sites is 1. The molecule has 1 saturated heterocycles. The van der Waals surface area contributed by atoms with Crippen LogP contribution in [-0.2, 0) is 5.60 Å². The quantitative estimate of drug-likeness (QED) is 0.386. The maximum atomic E-state index is 12.2. The van der Waals surface area contributed by atoms with E-state index in [4.69, 9.17) is 16.7 Å². The molecule has 2 aromatic carbocycles. The van der Waals surface area contributed by atoms with Crippen LogP contribution >= 0.6 is 11.6 Å². The van der Waals surface area contributed by atoms with Gasteiger partial charge in [0.25, 0.3) is 0 Å². The summed E-state index contributed by atoms with van der Waals surface area (Å²) in [6.45, 7) is 1.92. The lowest BCUT2D eigenvalue weighted by Crippen LogP contribution is -2.45. The van der Waals surface area contributed by atoms with Gasteiger partial charge in [-0.15, -0.1) is 0 Å². The van der Waals surface area contributed by atoms with Crippen molar-refractivity contribution in [1.82, 2.24) is 15.6 Å². The van der Waals surface area contributed by atoms with Crippen LogP contribution in [0, 0.1) is 5.92 Å². The van der Waals surface area contributed by atoms with Crippen LogP contribution in [0.3, 0.4) is 0 Å². The number of carbonyl (C=O) groups is 1. The first-order chi connectivity index (χ1) is 15.5. The molecule has 0 bridgehead atoms. The van der Waals surface area contributed by atoms with Crippen LogP contribution in [0.4, 0.5) is 4.79 Å². The molecule has 4 rings (SSSR count). The highest BCUT2D eigenvalue weighted by Gasteiger charge is 2.40. The molecule has 1 amide bonds. The second-order valence-electron chi connectivity index (χ2n) is 8.38. The number of piperidine rings is 1. The molecule has 2 atom stereocenters. The molecule has 1 unspecified atom stereocenters. The van der Waals surface area contributed by atoms with Gasteiger partial charge in [0, 0.05) is 46.7 Å². The second kappa shape index (κ2) is 9.86. The van der Waals surface area contributed by atoms with E-state index in [1.54, 1.807) is 6.20 Å². The van der Waals surface area contributed by atoms with Crippen molar-refractivity contribution in [2.75, 3.05) is 19.6 Å². The van der Waals surface area contributed by atoms with Gasteiger partial charge in [0.2, 0.25) is 0 Å². The van der Waals surface area contributed by atoms with Crippen molar-refractivity contribution in [3.8, 4) is 11.1 Å². The molecule has 6 nitrogen and oxygen atoms in total. The normalized spacial score (nSPS) is 18.2. The lowest BCUT2D eigenvalue weighted by Gasteiger charge is -2.40. The first kappa shape index (κ1) is 22.5. The maximum Gasteiger partial charge on any atom is 0.404 e. The Bertz CT molecular complexity index is 1100. The lowest BCUT2D eigenvalue weighted by atomic mass is 9.72. The molecule has 0 radical (unpaired) electrons. The van der Waals surface area contributed by atoms with Crippen molar-refractivity contribution in [3.63, 3.8) is 0 Å². The van der Waals surface area contributed by atoms with Gasteiger partial charge < -0.3 is 20.8 Å². The summed E-state index contributed by atoms with van der Waals surface area (Å²) < 4.78 is 0. The summed E-state index contributed by atoms with van der Waals surface area (Å²) in [5, 5.41) is 28.4. The van der Waals surface area contributed by atoms with Gasteiger partial charge in [-0.2, -0.15) is 0 Å². The predicted octanol–water partition coefficient (Wildman–Crippen LogP) is 4.79. The number of benzene rings is 2. The Kier molecular flexibility index (Phi) is 6.94. The van der Waals surface area contributed by atoms with Gasteiger partial charge in [-0.25, -0.2) is 4.79 Å². The van der Waals surface area contributed by atoms with Crippen LogP contribution in [0.25, 0.3) is 22.0 Å². The molecular weight excluding hydrogens is 426 g/mol. The Morgan fingerprint density at radius 1 is 1.25 bits per heavy atom. The largest absolute Gasteiger partial charge is 0.465 e. The number of halogens is 1. The lowest BCUT2D eigenvalue weighted by molar-refractivity contribution is -0.0415. The van der Waals surface area contributed by atoms with E-state index >= 15 is 0 Å². The van der Waals surface area contributed by atoms with E-state index in [0.717, 1.165) is 47.0 Å². The fourth-order valence-corrected chi connectivity index (χ4v) is 5.04. The van der Waals surface area contributed by atoms with Gasteiger partial charge in [0.05, 0.1) is 11.1 Å². The predicted molar refractivity (Wildman–Crippen MR) is 127 cm³/mol. The smallest absolute Gasteiger partial charge is 0.404 e. The number of nitrogens with zero attached hydrogens (tertiary/aromatic N) is 1. The zero-order valence-corrected chi connectivity index (χ0v) is 18.6. The molecule has 1 aliphatic rings. The summed E-state index contributed by atoms with van der Waals surface area (Å²) in [5.74, 6) is -0.00768. The first-order valence-electron chi connectivity index (χ1n) is 11.0. The third-order valence-electron chi connectivity index (χ3n) is 6.34. The molecule has 2 heterocycles. The minimum atomic E-state index is -1.15. The molecule has 1 aliphatic heterocycles. The maximum absolute atomic E-state index is 12.2. The number of amides is 1. The Hall–Kier alpha value is -2.67. The van der Waals surface area contributed by atoms with E-state index in [0.29, 0.717) is 24.4 Å². The van der Waals surface area contributed by atoms with Crippen molar-refractivity contribution in [3.05, 3.63) is 65.3 Å². The number of aliphatic hydroxyl groups is 1. The number of rotatable bonds is 7. The standard InChI is InChI=1S/C25H28ClN3O3/c26-21-9-3-8-20(23(21)18-14-17-6-1-2-10-22(17)29-15-18)25(32,11-5-13-28-24(30)31)19-7-4-12-27-16-19/h1-3,6,8-10,14-15,19,27-28,32H,4-5,7,11-13,16H2,(H,30,31)/t19-,25?/m1/s1. The zero-order chi connectivity index (χ0) is 22.6. The van der Waals surface area contributed by atoms with Gasteiger partial charge in [-0.3, -0.25) is 4.98 Å². The van der Waals surface area contributed by atoms with E-state index in [-0.39, 0.29) is 12.5 Å². The average molecular weight is 454 g/mol. The van der Waals surface area contributed by atoms with Crippen molar-refractivity contribution < 1.29 is 15.0 Å². The van der Waals surface area contributed by atoms with Crippen LogP contribution in [0.5, 0.6) is 0 Å². The van der Waals surface area contributed by atoms with Crippen molar-refractivity contribution in [1.29, 1.82) is 0 Å². The fraction of sp³-hybridized carbons (Fsp3) is 0.360. The highest BCUT2D eigenvalue weighted by Crippen LogP contribution is 2.45. The highest BCUT2D eigenvalue weighted by atomic mass is 35.5. The number of aromatic nitrogens is 1. The summed E-state index contributed by atoms with van der Waals surface area (Å²) in [4.78, 5) is 15.5. The van der Waals surface area contributed by atoms with E-state index in [2.05, 4.69) is 21.7 Å². The minimum Gasteiger partial charge on any atom is -0.465 e. The molecule has 0 aliphatic carbocycles. The first-order valence-corrected chi connectivity index (χ1v) is 11.4. The van der Waals surface area contributed by atoms with Crippen molar-refractivity contribution in [2.45, 2.75) is 31.3 Å². The Labute approximate surface area is 192 Å². The summed E-state index contributed by atoms with van der Waals surface area (Å²) in [6.07, 6.45) is 3.55. The van der Waals surface area contributed by atoms with E-state index in [1.165, 1.54) is 0 Å². The van der Waals surface area contributed by atoms with Crippen LogP contribution in [-0.4, -0.2) is 40.9 Å². The molecule has 1 fully saturated rings. The van der Waals surface area contributed by atoms with Gasteiger partial charge in [-0.1, -0.05) is 41.9 Å². The summed E-state index contributed by atoms with van der Waals surface area (Å²) >= 11 is 6.72. The van der Waals surface area contributed by atoms with E-state index in [9.17, 15) is 9.90 Å². The van der Waals surface area contributed by atoms with Crippen LogP contribution in [0.15, 0.2) is 54.7 Å². The topological polar surface area (TPSA) is 94.5 Å². The van der Waals surface area contributed by atoms with Crippen LogP contribution < -0.4 is 10.6 Å². The minimum absolute atomic E-state index is 0.00768. The van der Waals surface area contributed by atoms with E-state index < -0.39 is 11.7 Å². The number of fused-ring (bicyclic) bond motifs is 1. The fourth-order valence-electron chi connectivity index (χ4n) is 4.76. The molecule has 32 heavy (non-hydrogen) atoms. The van der Waals surface area contributed by atoms with Crippen molar-refractivity contribution in [2.24, 2.45) is 5.92 Å². The number of nitrogens with one attached hydrogen (secondary N) is 2. The van der Waals surface area contributed by atoms with Gasteiger partial charge in [-0.05, 0) is 56.0 Å². The van der Waals surface area contributed by atoms with Crippen LogP contribution in [0.2, 0.25) is 5.02 Å². The van der Waals surface area contributed by atoms with Gasteiger partial charge >= 0.3 is 6.09 Å². The summed E-state index contributed by atoms with van der Waals surface area (Å²) in [5.41, 5.74) is 2.16. The number of carboxylic acid groups (broad SMARTS) is 1. The van der Waals surface area contributed by atoms with Gasteiger partial charge in [0.1, 0.15) is 0 Å². The third kappa shape index (κ3) is 4.72. The molecule has 3 aromatic rings. The molecule has 0 saturated carbocycles. The summed E-state index contributed by atoms with van der Waals surface area (Å²) in [6, 6.07) is 15.6. The number of hydrogen-bond acceptors (Lipinski definition) is 4. The monoisotopic (exact) mass is 453 g/mol. The highest BCUT2D eigenvalue weighted by molar-refractivity contribution is 6.33. The Morgan fingerprint density at radius 2 is 2.09 bits per heavy atom. The third-order valence-corrected chi connectivity index (χ3v) is 6.66. The van der Waals surface area contributed by atoms with E-state index in [1.807, 2.05) is 42.5 Å². The number of hydrogen-bond donors (Lipinski definition) is 4. The average Bonchev–Trinajstić information content (AvgIpc) is 2.81. The van der Waals surface area contributed by atoms with Gasteiger partial charge in [0.15, 0.2) is 0 Å². The molecular formula is C25H28ClN3O3. The molecule has 1 aromatic heterocycles. The Morgan fingerprint density at radius 3 is 2.88 bits per heavy atom. The molecule has 0 spiro atoms. The molecule has 168 valence electrons. The molecule has 4 N–H and O–H groups in total. The second-order valence-corrected chi connectivity index (χ2v) is 8.79. The zero-order valence-electron chi connectivity index (χ0n) is 17.9. The van der Waals surface area contributed by atoms with Crippen LogP contribution in [0.1, 0.15) is 31.2 Å². The Balaban J connectivity index is 1.78. The van der Waals surface area contributed by atoms with Crippen molar-refractivity contribution >= 4 is 28.6 Å². The number of pyridine rings is 1. The SMILES string of the molecule is O=C(O)NCCCC(O)(c1cccc(Cl)c1-c1cnc2ccccc2c1)[C@@H]1CCCNC1. The molecule has 7 heteroatoms.